The van der Waals surface area contributed by atoms with Crippen molar-refractivity contribution in [1.82, 2.24) is 9.47 Å². The molecule has 1 aromatic carbocycles. The predicted octanol–water partition coefficient (Wildman–Crippen LogP) is 3.47. The van der Waals surface area contributed by atoms with Crippen LogP contribution >= 0.6 is 0 Å². The number of aryl methyl sites for hydroxylation is 1. The zero-order chi connectivity index (χ0) is 15.0. The van der Waals surface area contributed by atoms with E-state index >= 15 is 0 Å². The van der Waals surface area contributed by atoms with Crippen molar-refractivity contribution in [3.05, 3.63) is 53.1 Å². The van der Waals surface area contributed by atoms with E-state index in [9.17, 15) is 9.18 Å². The Morgan fingerprint density at radius 3 is 2.33 bits per heavy atom. The lowest BCUT2D eigenvalue weighted by Gasteiger charge is -2.15. The van der Waals surface area contributed by atoms with Gasteiger partial charge in [-0.2, -0.15) is 0 Å². The molecule has 0 N–H and O–H groups in total. The third kappa shape index (κ3) is 2.46. The number of halogens is 1. The molecule has 0 aliphatic carbocycles. The van der Waals surface area contributed by atoms with E-state index in [1.165, 1.54) is 12.1 Å². The van der Waals surface area contributed by atoms with E-state index < -0.39 is 0 Å². The Balaban J connectivity index is 2.00. The van der Waals surface area contributed by atoms with Crippen molar-refractivity contribution < 1.29 is 9.18 Å². The summed E-state index contributed by atoms with van der Waals surface area (Å²) in [6, 6.07) is 8.28. The van der Waals surface area contributed by atoms with Gasteiger partial charge in [0.05, 0.1) is 5.56 Å². The molecule has 3 nitrogen and oxygen atoms in total. The van der Waals surface area contributed by atoms with Gasteiger partial charge in [0.1, 0.15) is 5.82 Å². The first-order valence-electron chi connectivity index (χ1n) is 7.32. The molecule has 0 bridgehead atoms. The summed E-state index contributed by atoms with van der Waals surface area (Å²) in [4.78, 5) is 14.5. The second kappa shape index (κ2) is 5.35. The first kappa shape index (κ1) is 13.9. The standard InChI is InChI=1S/C17H19FN2O/c1-12-11-16(17(21)19-9-3-4-10-19)13(2)20(12)15-7-5-14(18)6-8-15/h5-8,11H,3-4,9-10H2,1-2H3. The van der Waals surface area contributed by atoms with Crippen LogP contribution in [0.3, 0.4) is 0 Å². The smallest absolute Gasteiger partial charge is 0.255 e. The van der Waals surface area contributed by atoms with Gasteiger partial charge >= 0.3 is 0 Å². The number of likely N-dealkylation sites (tertiary alicyclic amines) is 1. The lowest BCUT2D eigenvalue weighted by atomic mass is 10.2. The molecule has 1 aliphatic heterocycles. The molecule has 0 unspecified atom stereocenters. The number of hydrogen-bond acceptors (Lipinski definition) is 1. The summed E-state index contributed by atoms with van der Waals surface area (Å²) in [7, 11) is 0. The second-order valence-corrected chi connectivity index (χ2v) is 5.60. The van der Waals surface area contributed by atoms with Crippen molar-refractivity contribution in [3.8, 4) is 5.69 Å². The van der Waals surface area contributed by atoms with Crippen molar-refractivity contribution in [2.45, 2.75) is 26.7 Å². The van der Waals surface area contributed by atoms with E-state index in [-0.39, 0.29) is 11.7 Å². The van der Waals surface area contributed by atoms with Crippen molar-refractivity contribution in [2.24, 2.45) is 0 Å². The molecule has 4 heteroatoms. The molecule has 0 radical (unpaired) electrons. The van der Waals surface area contributed by atoms with Crippen LogP contribution < -0.4 is 0 Å². The first-order chi connectivity index (χ1) is 10.1. The van der Waals surface area contributed by atoms with Crippen LogP contribution in [0, 0.1) is 19.7 Å². The Morgan fingerprint density at radius 1 is 1.10 bits per heavy atom. The fraction of sp³-hybridized carbons (Fsp3) is 0.353. The van der Waals surface area contributed by atoms with Crippen molar-refractivity contribution in [3.63, 3.8) is 0 Å². The molecule has 0 saturated carbocycles. The third-order valence-corrected chi connectivity index (χ3v) is 4.14. The highest BCUT2D eigenvalue weighted by Gasteiger charge is 2.23. The fourth-order valence-electron chi connectivity index (χ4n) is 3.06. The second-order valence-electron chi connectivity index (χ2n) is 5.60. The van der Waals surface area contributed by atoms with Crippen LogP contribution in [0.4, 0.5) is 4.39 Å². The number of hydrogen-bond donors (Lipinski definition) is 0. The van der Waals surface area contributed by atoms with Gasteiger partial charge in [0.2, 0.25) is 0 Å². The van der Waals surface area contributed by atoms with E-state index in [1.807, 2.05) is 29.4 Å². The Hall–Kier alpha value is -2.10. The Bertz CT molecular complexity index is 667. The number of aromatic nitrogens is 1. The molecular formula is C17H19FN2O. The molecule has 0 spiro atoms. The summed E-state index contributed by atoms with van der Waals surface area (Å²) in [6.07, 6.45) is 2.17. The number of benzene rings is 1. The Morgan fingerprint density at radius 2 is 1.71 bits per heavy atom. The van der Waals surface area contributed by atoms with Gasteiger partial charge in [-0.15, -0.1) is 0 Å². The van der Waals surface area contributed by atoms with Crippen molar-refractivity contribution in [2.75, 3.05) is 13.1 Å². The molecule has 2 aromatic rings. The minimum absolute atomic E-state index is 0.106. The van der Waals surface area contributed by atoms with Crippen LogP contribution in [0.2, 0.25) is 0 Å². The molecule has 1 saturated heterocycles. The molecular weight excluding hydrogens is 267 g/mol. The highest BCUT2D eigenvalue weighted by Crippen LogP contribution is 2.23. The van der Waals surface area contributed by atoms with Crippen LogP contribution in [-0.4, -0.2) is 28.5 Å². The molecule has 3 rings (SSSR count). The van der Waals surface area contributed by atoms with Gasteiger partial charge in [-0.05, 0) is 57.0 Å². The van der Waals surface area contributed by atoms with Gasteiger partial charge in [-0.1, -0.05) is 0 Å². The minimum atomic E-state index is -0.255. The predicted molar refractivity (Wildman–Crippen MR) is 80.3 cm³/mol. The molecule has 2 heterocycles. The topological polar surface area (TPSA) is 25.2 Å². The fourth-order valence-corrected chi connectivity index (χ4v) is 3.06. The van der Waals surface area contributed by atoms with Gasteiger partial charge in [0.25, 0.3) is 5.91 Å². The number of nitrogens with zero attached hydrogens (tertiary/aromatic N) is 2. The summed E-state index contributed by atoms with van der Waals surface area (Å²) in [5.74, 6) is -0.149. The quantitative estimate of drug-likeness (QED) is 0.830. The lowest BCUT2D eigenvalue weighted by Crippen LogP contribution is -2.27. The molecule has 1 fully saturated rings. The maximum atomic E-state index is 13.1. The van der Waals surface area contributed by atoms with Crippen LogP contribution in [0.15, 0.2) is 30.3 Å². The summed E-state index contributed by atoms with van der Waals surface area (Å²) in [5.41, 5.74) is 3.53. The summed E-state index contributed by atoms with van der Waals surface area (Å²) in [5, 5.41) is 0. The van der Waals surface area contributed by atoms with Gasteiger partial charge in [-0.3, -0.25) is 4.79 Å². The van der Waals surface area contributed by atoms with Crippen molar-refractivity contribution >= 4 is 5.91 Å². The third-order valence-electron chi connectivity index (χ3n) is 4.14. The molecule has 0 atom stereocenters. The average molecular weight is 286 g/mol. The van der Waals surface area contributed by atoms with Crippen molar-refractivity contribution in [1.29, 1.82) is 0 Å². The van der Waals surface area contributed by atoms with E-state index in [0.717, 1.165) is 48.6 Å². The lowest BCUT2D eigenvalue weighted by molar-refractivity contribution is 0.0792. The highest BCUT2D eigenvalue weighted by molar-refractivity contribution is 5.96. The highest BCUT2D eigenvalue weighted by atomic mass is 19.1. The van der Waals surface area contributed by atoms with Gasteiger partial charge in [0.15, 0.2) is 0 Å². The van der Waals surface area contributed by atoms with Gasteiger partial charge in [0, 0.05) is 30.2 Å². The number of amides is 1. The van der Waals surface area contributed by atoms with Crippen LogP contribution in [0.1, 0.15) is 34.6 Å². The number of carbonyl (C=O) groups is 1. The molecule has 21 heavy (non-hydrogen) atoms. The maximum absolute atomic E-state index is 13.1. The number of carbonyl (C=O) groups excluding carboxylic acids is 1. The number of rotatable bonds is 2. The van der Waals surface area contributed by atoms with E-state index in [4.69, 9.17) is 0 Å². The van der Waals surface area contributed by atoms with Gasteiger partial charge < -0.3 is 9.47 Å². The SMILES string of the molecule is Cc1cc(C(=O)N2CCCC2)c(C)n1-c1ccc(F)cc1. The first-order valence-corrected chi connectivity index (χ1v) is 7.32. The minimum Gasteiger partial charge on any atom is -0.339 e. The molecule has 1 aliphatic rings. The van der Waals surface area contributed by atoms with Crippen LogP contribution in [-0.2, 0) is 0 Å². The van der Waals surface area contributed by atoms with Crippen LogP contribution in [0.5, 0.6) is 0 Å². The largest absolute Gasteiger partial charge is 0.339 e. The van der Waals surface area contributed by atoms with E-state index in [2.05, 4.69) is 0 Å². The van der Waals surface area contributed by atoms with E-state index in [1.54, 1.807) is 12.1 Å². The van der Waals surface area contributed by atoms with Gasteiger partial charge in [-0.25, -0.2) is 4.39 Å². The normalized spacial score (nSPS) is 14.7. The maximum Gasteiger partial charge on any atom is 0.255 e. The summed E-state index contributed by atoms with van der Waals surface area (Å²) < 4.78 is 15.1. The summed E-state index contributed by atoms with van der Waals surface area (Å²) >= 11 is 0. The summed E-state index contributed by atoms with van der Waals surface area (Å²) in [6.45, 7) is 5.61. The molecule has 1 amide bonds. The Kier molecular flexibility index (Phi) is 3.53. The molecule has 1 aromatic heterocycles. The monoisotopic (exact) mass is 286 g/mol. The zero-order valence-electron chi connectivity index (χ0n) is 12.4. The Labute approximate surface area is 124 Å². The van der Waals surface area contributed by atoms with E-state index in [0.29, 0.717) is 0 Å². The zero-order valence-corrected chi connectivity index (χ0v) is 12.4. The molecule has 110 valence electrons. The van der Waals surface area contributed by atoms with Crippen LogP contribution in [0.25, 0.3) is 5.69 Å². The average Bonchev–Trinajstić information content (AvgIpc) is 3.08.